The molecule has 2 unspecified atom stereocenters. The van der Waals surface area contributed by atoms with Crippen LogP contribution in [0, 0.1) is 6.92 Å². The predicted molar refractivity (Wildman–Crippen MR) is 64.1 cm³/mol. The van der Waals surface area contributed by atoms with Crippen molar-refractivity contribution in [1.82, 2.24) is 4.98 Å². The molecule has 84 valence electrons. The largest absolute Gasteiger partial charge is 0.370 e. The lowest BCUT2D eigenvalue weighted by Crippen LogP contribution is -2.47. The number of nitrogens with zero attached hydrogens (tertiary/aromatic N) is 2. The molecule has 0 radical (unpaired) electrons. The number of thiazole rings is 1. The van der Waals surface area contributed by atoms with Crippen LogP contribution in [0.2, 0.25) is 0 Å². The molecule has 5 heteroatoms. The minimum absolute atomic E-state index is 0.125. The van der Waals surface area contributed by atoms with E-state index in [0.29, 0.717) is 5.88 Å². The number of halogens is 1. The smallest absolute Gasteiger partial charge is 0.185 e. The number of anilines is 1. The fraction of sp³-hybridized carbons (Fsp3) is 0.700. The van der Waals surface area contributed by atoms with Gasteiger partial charge in [-0.05, 0) is 13.8 Å². The molecule has 2 atom stereocenters. The Bertz CT molecular complexity index is 331. The molecule has 0 bridgehead atoms. The molecule has 0 aliphatic carbocycles. The van der Waals surface area contributed by atoms with E-state index < -0.39 is 0 Å². The van der Waals surface area contributed by atoms with Gasteiger partial charge < -0.3 is 9.64 Å². The molecule has 2 heterocycles. The molecule has 15 heavy (non-hydrogen) atoms. The van der Waals surface area contributed by atoms with Gasteiger partial charge in [0.05, 0.1) is 23.8 Å². The number of rotatable bonds is 2. The summed E-state index contributed by atoms with van der Waals surface area (Å²) in [4.78, 5) is 6.75. The topological polar surface area (TPSA) is 25.4 Å². The second kappa shape index (κ2) is 4.68. The van der Waals surface area contributed by atoms with Gasteiger partial charge in [-0.1, -0.05) is 0 Å². The van der Waals surface area contributed by atoms with Crippen LogP contribution < -0.4 is 4.90 Å². The van der Waals surface area contributed by atoms with Crippen LogP contribution in [0.15, 0.2) is 5.38 Å². The Morgan fingerprint density at radius 3 is 3.07 bits per heavy atom. The van der Waals surface area contributed by atoms with Crippen LogP contribution in [0.25, 0.3) is 0 Å². The molecule has 2 rings (SSSR count). The van der Waals surface area contributed by atoms with Gasteiger partial charge in [0.2, 0.25) is 0 Å². The monoisotopic (exact) mass is 246 g/mol. The Morgan fingerprint density at radius 1 is 1.67 bits per heavy atom. The van der Waals surface area contributed by atoms with Crippen molar-refractivity contribution in [1.29, 1.82) is 0 Å². The molecule has 0 saturated carbocycles. The van der Waals surface area contributed by atoms with Crippen molar-refractivity contribution in [2.24, 2.45) is 0 Å². The summed E-state index contributed by atoms with van der Waals surface area (Å²) >= 11 is 7.52. The van der Waals surface area contributed by atoms with Gasteiger partial charge in [0.25, 0.3) is 0 Å². The van der Waals surface area contributed by atoms with E-state index in [1.165, 1.54) is 0 Å². The fourth-order valence-corrected chi connectivity index (χ4v) is 2.77. The van der Waals surface area contributed by atoms with Gasteiger partial charge in [-0.2, -0.15) is 0 Å². The van der Waals surface area contributed by atoms with Crippen LogP contribution in [0.1, 0.15) is 12.6 Å². The lowest BCUT2D eigenvalue weighted by Gasteiger charge is -2.35. The first kappa shape index (κ1) is 11.2. The van der Waals surface area contributed by atoms with Gasteiger partial charge in [0, 0.05) is 18.5 Å². The van der Waals surface area contributed by atoms with E-state index >= 15 is 0 Å². The van der Waals surface area contributed by atoms with Crippen LogP contribution in [0.5, 0.6) is 0 Å². The third-order valence-electron chi connectivity index (χ3n) is 2.38. The Kier molecular flexibility index (Phi) is 3.49. The SMILES string of the molecule is Cc1csc(N2CC(C)OC(CCl)C2)n1. The lowest BCUT2D eigenvalue weighted by atomic mass is 10.2. The summed E-state index contributed by atoms with van der Waals surface area (Å²) in [5.74, 6) is 0.547. The summed E-state index contributed by atoms with van der Waals surface area (Å²) < 4.78 is 5.70. The molecule has 1 fully saturated rings. The summed E-state index contributed by atoms with van der Waals surface area (Å²) in [7, 11) is 0. The molecule has 1 saturated heterocycles. The van der Waals surface area contributed by atoms with Crippen molar-refractivity contribution in [2.75, 3.05) is 23.9 Å². The first-order chi connectivity index (χ1) is 7.19. The van der Waals surface area contributed by atoms with Gasteiger partial charge in [0.1, 0.15) is 0 Å². The molecule has 0 N–H and O–H groups in total. The third-order valence-corrected chi connectivity index (χ3v) is 3.74. The Hall–Kier alpha value is -0.320. The van der Waals surface area contributed by atoms with Crippen molar-refractivity contribution < 1.29 is 4.74 Å². The molecule has 1 aliphatic heterocycles. The van der Waals surface area contributed by atoms with Crippen molar-refractivity contribution in [3.05, 3.63) is 11.1 Å². The first-order valence-corrected chi connectivity index (χ1v) is 6.49. The van der Waals surface area contributed by atoms with Crippen LogP contribution >= 0.6 is 22.9 Å². The number of ether oxygens (including phenoxy) is 1. The standard InChI is InChI=1S/C10H15ClN2OS/c1-7-6-15-10(12-7)13-4-8(2)14-9(3-11)5-13/h6,8-9H,3-5H2,1-2H3. The van der Waals surface area contributed by atoms with E-state index in [-0.39, 0.29) is 12.2 Å². The molecule has 3 nitrogen and oxygen atoms in total. The first-order valence-electron chi connectivity index (χ1n) is 5.07. The zero-order valence-electron chi connectivity index (χ0n) is 8.94. The Labute approximate surface area is 99.0 Å². The van der Waals surface area contributed by atoms with E-state index in [1.54, 1.807) is 11.3 Å². The molecule has 1 aromatic rings. The summed E-state index contributed by atoms with van der Waals surface area (Å²) in [6.07, 6.45) is 0.353. The highest BCUT2D eigenvalue weighted by Gasteiger charge is 2.26. The fourth-order valence-electron chi connectivity index (χ4n) is 1.77. The number of hydrogen-bond donors (Lipinski definition) is 0. The van der Waals surface area contributed by atoms with Crippen molar-refractivity contribution in [3.63, 3.8) is 0 Å². The van der Waals surface area contributed by atoms with E-state index in [2.05, 4.69) is 22.2 Å². The van der Waals surface area contributed by atoms with Crippen LogP contribution in [0.3, 0.4) is 0 Å². The zero-order chi connectivity index (χ0) is 10.8. The molecule has 1 aromatic heterocycles. The number of morpholine rings is 1. The van der Waals surface area contributed by atoms with E-state index in [9.17, 15) is 0 Å². The Morgan fingerprint density at radius 2 is 2.47 bits per heavy atom. The summed E-state index contributed by atoms with van der Waals surface area (Å²) in [5, 5.41) is 3.16. The van der Waals surface area contributed by atoms with Gasteiger partial charge in [0.15, 0.2) is 5.13 Å². The maximum absolute atomic E-state index is 5.83. The average Bonchev–Trinajstić information content (AvgIpc) is 2.64. The average molecular weight is 247 g/mol. The maximum atomic E-state index is 5.83. The van der Waals surface area contributed by atoms with Gasteiger partial charge in [-0.3, -0.25) is 0 Å². The molecular weight excluding hydrogens is 232 g/mol. The highest BCUT2D eigenvalue weighted by Crippen LogP contribution is 2.24. The van der Waals surface area contributed by atoms with E-state index in [1.807, 2.05) is 6.92 Å². The molecule has 0 amide bonds. The normalized spacial score (nSPS) is 27.0. The molecule has 0 spiro atoms. The van der Waals surface area contributed by atoms with Crippen LogP contribution in [-0.4, -0.2) is 36.2 Å². The van der Waals surface area contributed by atoms with Crippen molar-refractivity contribution in [2.45, 2.75) is 26.1 Å². The Balaban J connectivity index is 2.08. The highest BCUT2D eigenvalue weighted by molar-refractivity contribution is 7.13. The molecular formula is C10H15ClN2OS. The number of alkyl halides is 1. The number of aryl methyl sites for hydroxylation is 1. The minimum Gasteiger partial charge on any atom is -0.370 e. The van der Waals surface area contributed by atoms with Gasteiger partial charge in [-0.15, -0.1) is 22.9 Å². The zero-order valence-corrected chi connectivity index (χ0v) is 10.5. The third kappa shape index (κ3) is 2.62. The quantitative estimate of drug-likeness (QED) is 0.749. The maximum Gasteiger partial charge on any atom is 0.185 e. The summed E-state index contributed by atoms with van der Waals surface area (Å²) in [6, 6.07) is 0. The number of aromatic nitrogens is 1. The van der Waals surface area contributed by atoms with Crippen molar-refractivity contribution >= 4 is 28.1 Å². The summed E-state index contributed by atoms with van der Waals surface area (Å²) in [5.41, 5.74) is 1.08. The van der Waals surface area contributed by atoms with Crippen LogP contribution in [-0.2, 0) is 4.74 Å². The lowest BCUT2D eigenvalue weighted by molar-refractivity contribution is -0.00334. The predicted octanol–water partition coefficient (Wildman–Crippen LogP) is 2.28. The number of hydrogen-bond acceptors (Lipinski definition) is 4. The second-order valence-corrected chi connectivity index (χ2v) is 5.04. The second-order valence-electron chi connectivity index (χ2n) is 3.90. The van der Waals surface area contributed by atoms with Gasteiger partial charge in [-0.25, -0.2) is 4.98 Å². The highest BCUT2D eigenvalue weighted by atomic mass is 35.5. The van der Waals surface area contributed by atoms with E-state index in [0.717, 1.165) is 23.9 Å². The van der Waals surface area contributed by atoms with Gasteiger partial charge >= 0.3 is 0 Å². The molecule has 1 aliphatic rings. The van der Waals surface area contributed by atoms with E-state index in [4.69, 9.17) is 16.3 Å². The minimum atomic E-state index is 0.125. The van der Waals surface area contributed by atoms with Crippen molar-refractivity contribution in [3.8, 4) is 0 Å². The molecule has 0 aromatic carbocycles. The summed E-state index contributed by atoms with van der Waals surface area (Å²) in [6.45, 7) is 5.84. The van der Waals surface area contributed by atoms with Crippen LogP contribution in [0.4, 0.5) is 5.13 Å².